The topological polar surface area (TPSA) is 86.8 Å². The van der Waals surface area contributed by atoms with E-state index in [0.29, 0.717) is 22.5 Å². The Morgan fingerprint density at radius 1 is 1.08 bits per heavy atom. The first-order valence-electron chi connectivity index (χ1n) is 11.5. The van der Waals surface area contributed by atoms with Crippen molar-refractivity contribution in [3.63, 3.8) is 0 Å². The highest BCUT2D eigenvalue weighted by Gasteiger charge is 2.34. The Bertz CT molecular complexity index is 1240. The number of aryl methyl sites for hydroxylation is 1. The van der Waals surface area contributed by atoms with Gasteiger partial charge in [0.15, 0.2) is 0 Å². The SMILES string of the molecule is Cc1cccc(CN(C(=O)CN(c2cc(C(F)(F)F)ccc2Cl)S(C)(=O)=O)[C@H](C)C(=O)NCC(C)C)c1. The second kappa shape index (κ2) is 12.2. The van der Waals surface area contributed by atoms with Crippen molar-refractivity contribution in [3.8, 4) is 0 Å². The number of rotatable bonds is 10. The first kappa shape index (κ1) is 30.4. The quantitative estimate of drug-likeness (QED) is 0.458. The van der Waals surface area contributed by atoms with Crippen LogP contribution in [0.3, 0.4) is 0 Å². The highest BCUT2D eigenvalue weighted by Crippen LogP contribution is 2.36. The third-order valence-electron chi connectivity index (χ3n) is 5.51. The number of sulfonamides is 1. The smallest absolute Gasteiger partial charge is 0.354 e. The molecule has 0 aliphatic heterocycles. The van der Waals surface area contributed by atoms with E-state index in [4.69, 9.17) is 11.6 Å². The van der Waals surface area contributed by atoms with Gasteiger partial charge in [0.05, 0.1) is 22.5 Å². The average molecular weight is 562 g/mol. The Balaban J connectivity index is 2.48. The summed E-state index contributed by atoms with van der Waals surface area (Å²) in [5, 5.41) is 2.47. The summed E-state index contributed by atoms with van der Waals surface area (Å²) in [5.74, 6) is -1.08. The predicted molar refractivity (Wildman–Crippen MR) is 138 cm³/mol. The number of benzene rings is 2. The van der Waals surface area contributed by atoms with Crippen LogP contribution < -0.4 is 9.62 Å². The van der Waals surface area contributed by atoms with Gasteiger partial charge in [-0.25, -0.2) is 8.42 Å². The summed E-state index contributed by atoms with van der Waals surface area (Å²) in [6.45, 7) is 6.66. The molecule has 0 saturated heterocycles. The van der Waals surface area contributed by atoms with E-state index in [2.05, 4.69) is 5.32 Å². The molecule has 2 aromatic carbocycles. The van der Waals surface area contributed by atoms with Crippen LogP contribution in [0.1, 0.15) is 37.5 Å². The summed E-state index contributed by atoms with van der Waals surface area (Å²) < 4.78 is 65.7. The van der Waals surface area contributed by atoms with Crippen LogP contribution in [0.5, 0.6) is 0 Å². The molecule has 12 heteroatoms. The maximum atomic E-state index is 13.5. The molecular formula is C25H31ClF3N3O4S. The van der Waals surface area contributed by atoms with Crippen molar-refractivity contribution >= 4 is 39.1 Å². The molecule has 0 aliphatic carbocycles. The van der Waals surface area contributed by atoms with Crippen molar-refractivity contribution in [2.45, 2.75) is 46.5 Å². The van der Waals surface area contributed by atoms with Crippen LogP contribution in [0.2, 0.25) is 5.02 Å². The summed E-state index contributed by atoms with van der Waals surface area (Å²) in [6.07, 6.45) is -3.99. The molecule has 1 N–H and O–H groups in total. The number of amides is 2. The molecule has 0 saturated carbocycles. The molecular weight excluding hydrogens is 531 g/mol. The monoisotopic (exact) mass is 561 g/mol. The van der Waals surface area contributed by atoms with E-state index in [1.165, 1.54) is 11.8 Å². The van der Waals surface area contributed by atoms with Crippen molar-refractivity contribution < 1.29 is 31.2 Å². The molecule has 0 spiro atoms. The standard InChI is InChI=1S/C25H31ClF3N3O4S/c1-16(2)13-30-24(34)18(4)31(14-19-8-6-7-17(3)11-19)23(33)15-32(37(5,35)36)22-12-20(25(27,28)29)9-10-21(22)26/h6-12,16,18H,13-15H2,1-5H3,(H,30,34)/t18-/m1/s1. The van der Waals surface area contributed by atoms with Crippen LogP contribution in [0.15, 0.2) is 42.5 Å². The van der Waals surface area contributed by atoms with Crippen LogP contribution in [0.4, 0.5) is 18.9 Å². The van der Waals surface area contributed by atoms with Crippen LogP contribution in [0, 0.1) is 12.8 Å². The van der Waals surface area contributed by atoms with Crippen molar-refractivity contribution in [2.75, 3.05) is 23.7 Å². The molecule has 7 nitrogen and oxygen atoms in total. The minimum absolute atomic E-state index is 0.0231. The fraction of sp³-hybridized carbons (Fsp3) is 0.440. The van der Waals surface area contributed by atoms with E-state index in [1.54, 1.807) is 12.1 Å². The molecule has 0 aromatic heterocycles. The molecule has 2 amide bonds. The van der Waals surface area contributed by atoms with Crippen LogP contribution in [-0.4, -0.2) is 50.5 Å². The van der Waals surface area contributed by atoms with Crippen molar-refractivity contribution in [1.29, 1.82) is 0 Å². The number of nitrogens with zero attached hydrogens (tertiary/aromatic N) is 2. The van der Waals surface area contributed by atoms with Crippen LogP contribution >= 0.6 is 11.6 Å². The van der Waals surface area contributed by atoms with E-state index < -0.39 is 51.9 Å². The van der Waals surface area contributed by atoms with E-state index >= 15 is 0 Å². The van der Waals surface area contributed by atoms with Gasteiger partial charge in [-0.15, -0.1) is 0 Å². The Hall–Kier alpha value is -2.79. The second-order valence-corrected chi connectivity index (χ2v) is 11.6. The highest BCUT2D eigenvalue weighted by atomic mass is 35.5. The van der Waals surface area contributed by atoms with Crippen molar-refractivity contribution in [2.24, 2.45) is 5.92 Å². The minimum atomic E-state index is -4.76. The normalized spacial score (nSPS) is 12.8. The van der Waals surface area contributed by atoms with Gasteiger partial charge in [-0.2, -0.15) is 13.2 Å². The fourth-order valence-electron chi connectivity index (χ4n) is 3.52. The van der Waals surface area contributed by atoms with Gasteiger partial charge in [-0.3, -0.25) is 13.9 Å². The average Bonchev–Trinajstić information content (AvgIpc) is 2.78. The molecule has 0 unspecified atom stereocenters. The van der Waals surface area contributed by atoms with E-state index in [1.807, 2.05) is 32.9 Å². The molecule has 0 aliphatic rings. The van der Waals surface area contributed by atoms with Crippen molar-refractivity contribution in [3.05, 3.63) is 64.2 Å². The van der Waals surface area contributed by atoms with Crippen molar-refractivity contribution in [1.82, 2.24) is 10.2 Å². The molecule has 37 heavy (non-hydrogen) atoms. The number of carbonyl (C=O) groups excluding carboxylic acids is 2. The summed E-state index contributed by atoms with van der Waals surface area (Å²) >= 11 is 6.08. The van der Waals surface area contributed by atoms with Gasteiger partial charge in [-0.1, -0.05) is 55.3 Å². The largest absolute Gasteiger partial charge is 0.416 e. The molecule has 0 heterocycles. The molecule has 0 fully saturated rings. The Morgan fingerprint density at radius 3 is 2.27 bits per heavy atom. The number of hydrogen-bond donors (Lipinski definition) is 1. The molecule has 0 radical (unpaired) electrons. The zero-order valence-electron chi connectivity index (χ0n) is 21.3. The number of nitrogens with one attached hydrogen (secondary N) is 1. The third-order valence-corrected chi connectivity index (χ3v) is 6.95. The van der Waals surface area contributed by atoms with Gasteiger partial charge >= 0.3 is 6.18 Å². The lowest BCUT2D eigenvalue weighted by molar-refractivity contribution is -0.139. The lowest BCUT2D eigenvalue weighted by Crippen LogP contribution is -2.51. The van der Waals surface area contributed by atoms with Gasteiger partial charge < -0.3 is 10.2 Å². The summed E-state index contributed by atoms with van der Waals surface area (Å²) in [7, 11) is -4.24. The molecule has 0 bridgehead atoms. The lowest BCUT2D eigenvalue weighted by Gasteiger charge is -2.32. The molecule has 1 atom stereocenters. The summed E-state index contributed by atoms with van der Waals surface area (Å²) in [5.41, 5.74) is 0.000921. The van der Waals surface area contributed by atoms with Crippen LogP contribution in [0.25, 0.3) is 0 Å². The first-order chi connectivity index (χ1) is 17.0. The second-order valence-electron chi connectivity index (χ2n) is 9.26. The highest BCUT2D eigenvalue weighted by molar-refractivity contribution is 7.92. The number of anilines is 1. The lowest BCUT2D eigenvalue weighted by atomic mass is 10.1. The zero-order chi connectivity index (χ0) is 28.1. The third kappa shape index (κ3) is 8.63. The van der Waals surface area contributed by atoms with Gasteiger partial charge in [0, 0.05) is 13.1 Å². The van der Waals surface area contributed by atoms with Gasteiger partial charge in [0.2, 0.25) is 21.8 Å². The summed E-state index contributed by atoms with van der Waals surface area (Å²) in [4.78, 5) is 27.5. The fourth-order valence-corrected chi connectivity index (χ4v) is 4.64. The van der Waals surface area contributed by atoms with E-state index in [9.17, 15) is 31.2 Å². The molecule has 2 rings (SSSR count). The number of hydrogen-bond acceptors (Lipinski definition) is 4. The maximum absolute atomic E-state index is 13.5. The Kier molecular flexibility index (Phi) is 10.0. The maximum Gasteiger partial charge on any atom is 0.416 e. The van der Waals surface area contributed by atoms with E-state index in [0.717, 1.165) is 24.0 Å². The Labute approximate surface area is 220 Å². The van der Waals surface area contributed by atoms with E-state index in [-0.39, 0.29) is 17.5 Å². The predicted octanol–water partition coefficient (Wildman–Crippen LogP) is 4.62. The number of alkyl halides is 3. The zero-order valence-corrected chi connectivity index (χ0v) is 22.8. The van der Waals surface area contributed by atoms with Gasteiger partial charge in [0.25, 0.3) is 0 Å². The van der Waals surface area contributed by atoms with Crippen LogP contribution in [-0.2, 0) is 32.3 Å². The molecule has 2 aromatic rings. The number of halogens is 4. The van der Waals surface area contributed by atoms with Gasteiger partial charge in [0.1, 0.15) is 12.6 Å². The minimum Gasteiger partial charge on any atom is -0.354 e. The first-order valence-corrected chi connectivity index (χ1v) is 13.7. The Morgan fingerprint density at radius 2 is 1.73 bits per heavy atom. The molecule has 204 valence electrons. The van der Waals surface area contributed by atoms with Gasteiger partial charge in [-0.05, 0) is 43.5 Å². The number of carbonyl (C=O) groups is 2. The summed E-state index contributed by atoms with van der Waals surface area (Å²) in [6, 6.07) is 8.44.